The van der Waals surface area contributed by atoms with Crippen LogP contribution in [0.15, 0.2) is 24.3 Å². The van der Waals surface area contributed by atoms with Crippen molar-refractivity contribution >= 4 is 38.3 Å². The second kappa shape index (κ2) is 10.8. The van der Waals surface area contributed by atoms with Gasteiger partial charge in [-0.3, -0.25) is 4.79 Å². The van der Waals surface area contributed by atoms with Crippen LogP contribution < -0.4 is 10.6 Å². The number of halogens is 1. The van der Waals surface area contributed by atoms with Gasteiger partial charge < -0.3 is 25.2 Å². The number of aliphatic hydroxyl groups excluding tert-OH is 1. The van der Waals surface area contributed by atoms with Crippen LogP contribution in [0, 0.1) is 0 Å². The van der Waals surface area contributed by atoms with E-state index in [4.69, 9.17) is 9.47 Å². The number of methoxy groups -OCH3 is 1. The Morgan fingerprint density at radius 3 is 2.30 bits per heavy atom. The van der Waals surface area contributed by atoms with Crippen LogP contribution >= 0.6 is 22.6 Å². The fraction of sp³-hybridized carbons (Fsp3) is 0.579. The van der Waals surface area contributed by atoms with Crippen LogP contribution in [-0.2, 0) is 15.9 Å². The van der Waals surface area contributed by atoms with Crippen molar-refractivity contribution in [2.24, 2.45) is 0 Å². The van der Waals surface area contributed by atoms with Gasteiger partial charge in [0.1, 0.15) is 5.60 Å². The molecule has 0 heterocycles. The fourth-order valence-electron chi connectivity index (χ4n) is 2.63. The van der Waals surface area contributed by atoms with Crippen LogP contribution in [0.5, 0.6) is 0 Å². The Kier molecular flexibility index (Phi) is 9.48. The van der Waals surface area contributed by atoms with Gasteiger partial charge in [-0.2, -0.15) is 0 Å². The predicted molar refractivity (Wildman–Crippen MR) is 113 cm³/mol. The summed E-state index contributed by atoms with van der Waals surface area (Å²) in [7, 11) is 1.53. The monoisotopic (exact) mass is 492 g/mol. The summed E-state index contributed by atoms with van der Waals surface area (Å²) >= 11 is 1.68. The molecule has 0 spiro atoms. The first-order valence-electron chi connectivity index (χ1n) is 8.75. The molecule has 3 N–H and O–H groups in total. The Morgan fingerprint density at radius 2 is 1.81 bits per heavy atom. The third kappa shape index (κ3) is 9.39. The van der Waals surface area contributed by atoms with Gasteiger partial charge in [0.2, 0.25) is 0 Å². The van der Waals surface area contributed by atoms with E-state index < -0.39 is 17.2 Å². The molecule has 7 nitrogen and oxygen atoms in total. The third-order valence-corrected chi connectivity index (χ3v) is 4.08. The number of carbonyl (C=O) groups is 2. The highest BCUT2D eigenvalue weighted by Gasteiger charge is 2.33. The van der Waals surface area contributed by atoms with Gasteiger partial charge in [-0.05, 0) is 57.7 Å². The number of hydrogen-bond donors (Lipinski definition) is 3. The minimum atomic E-state index is -0.897. The minimum Gasteiger partial charge on any atom is -0.444 e. The largest absolute Gasteiger partial charge is 0.444 e. The number of amides is 2. The van der Waals surface area contributed by atoms with E-state index in [1.54, 1.807) is 43.4 Å². The van der Waals surface area contributed by atoms with Crippen LogP contribution in [0.1, 0.15) is 39.2 Å². The average molecular weight is 492 g/mol. The molecule has 0 bridgehead atoms. The fourth-order valence-corrected chi connectivity index (χ4v) is 2.94. The van der Waals surface area contributed by atoms with Gasteiger partial charge >= 0.3 is 6.09 Å². The van der Waals surface area contributed by atoms with E-state index in [2.05, 4.69) is 10.6 Å². The highest BCUT2D eigenvalue weighted by atomic mass is 127. The molecule has 1 rings (SSSR count). The summed E-state index contributed by atoms with van der Waals surface area (Å²) in [5, 5.41) is 15.4. The number of carbonyl (C=O) groups excluding carboxylic acids is 2. The van der Waals surface area contributed by atoms with E-state index in [1.807, 2.05) is 24.3 Å². The summed E-state index contributed by atoms with van der Waals surface area (Å²) in [6.45, 7) is 5.29. The van der Waals surface area contributed by atoms with Gasteiger partial charge in [0.05, 0.1) is 18.8 Å². The number of benzene rings is 1. The summed E-state index contributed by atoms with van der Waals surface area (Å²) in [4.78, 5) is 23.2. The summed E-state index contributed by atoms with van der Waals surface area (Å²) in [5.41, 5.74) is 0.330. The molecule has 0 aromatic heterocycles. The summed E-state index contributed by atoms with van der Waals surface area (Å²) in [6, 6.07) is 7.58. The van der Waals surface area contributed by atoms with Gasteiger partial charge in [-0.1, -0.05) is 12.1 Å². The molecule has 152 valence electrons. The van der Waals surface area contributed by atoms with Crippen molar-refractivity contribution in [3.05, 3.63) is 29.8 Å². The van der Waals surface area contributed by atoms with Crippen LogP contribution in [0.4, 0.5) is 15.3 Å². The highest BCUT2D eigenvalue weighted by Crippen LogP contribution is 2.19. The Balaban J connectivity index is 2.66. The molecule has 0 saturated heterocycles. The van der Waals surface area contributed by atoms with Gasteiger partial charge in [0.25, 0.3) is 3.91 Å². The molecule has 1 unspecified atom stereocenters. The lowest BCUT2D eigenvalue weighted by Gasteiger charge is -2.33. The topological polar surface area (TPSA) is 96.9 Å². The molecule has 1 aromatic rings. The van der Waals surface area contributed by atoms with Crippen LogP contribution in [-0.4, -0.2) is 46.6 Å². The standard InChI is InChI=1S/C19H29IN2O5/c1-18(2,3)27-17(25)22-19(12-23,13-26-4)11-5-6-14-7-9-15(10-8-14)21-16(20)24/h7-10,23H,5-6,11-13H2,1-4H3,(H,21,24)(H,22,25). The highest BCUT2D eigenvalue weighted by molar-refractivity contribution is 14.1. The lowest BCUT2D eigenvalue weighted by molar-refractivity contribution is 0.0196. The summed E-state index contributed by atoms with van der Waals surface area (Å²) in [6.07, 6.45) is 1.45. The van der Waals surface area contributed by atoms with Gasteiger partial charge in [0, 0.05) is 35.4 Å². The second-order valence-electron chi connectivity index (χ2n) is 7.45. The predicted octanol–water partition coefficient (Wildman–Crippen LogP) is 3.88. The zero-order valence-electron chi connectivity index (χ0n) is 16.3. The van der Waals surface area contributed by atoms with Gasteiger partial charge in [0.15, 0.2) is 0 Å². The van der Waals surface area contributed by atoms with Crippen molar-refractivity contribution in [1.29, 1.82) is 0 Å². The molecule has 1 atom stereocenters. The molecular weight excluding hydrogens is 463 g/mol. The third-order valence-electron chi connectivity index (χ3n) is 3.81. The molecule has 0 aliphatic carbocycles. The number of alkyl carbamates (subject to hydrolysis) is 1. The smallest absolute Gasteiger partial charge is 0.408 e. The van der Waals surface area contributed by atoms with Crippen molar-refractivity contribution in [2.45, 2.75) is 51.2 Å². The summed E-state index contributed by atoms with van der Waals surface area (Å²) in [5.74, 6) is 0. The molecular formula is C19H29IN2O5. The first kappa shape index (κ1) is 23.6. The number of ether oxygens (including phenoxy) is 2. The zero-order chi connectivity index (χ0) is 20.5. The van der Waals surface area contributed by atoms with Crippen molar-refractivity contribution in [3.8, 4) is 0 Å². The van der Waals surface area contributed by atoms with E-state index in [-0.39, 0.29) is 17.1 Å². The minimum absolute atomic E-state index is 0.138. The Morgan fingerprint density at radius 1 is 1.19 bits per heavy atom. The molecule has 0 fully saturated rings. The lowest BCUT2D eigenvalue weighted by Crippen LogP contribution is -2.55. The molecule has 0 aliphatic heterocycles. The molecule has 2 amide bonds. The Hall–Kier alpha value is -1.39. The number of aryl methyl sites for hydroxylation is 1. The van der Waals surface area contributed by atoms with Crippen LogP contribution in [0.3, 0.4) is 0 Å². The number of rotatable bonds is 9. The maximum absolute atomic E-state index is 12.1. The van der Waals surface area contributed by atoms with Gasteiger partial charge in [-0.15, -0.1) is 0 Å². The van der Waals surface area contributed by atoms with E-state index in [9.17, 15) is 14.7 Å². The maximum atomic E-state index is 12.1. The average Bonchev–Trinajstić information content (AvgIpc) is 2.54. The second-order valence-corrected chi connectivity index (χ2v) is 8.43. The number of anilines is 1. The van der Waals surface area contributed by atoms with E-state index >= 15 is 0 Å². The number of hydrogen-bond acceptors (Lipinski definition) is 5. The molecule has 27 heavy (non-hydrogen) atoms. The molecule has 8 heteroatoms. The van der Waals surface area contributed by atoms with Crippen molar-refractivity contribution in [1.82, 2.24) is 5.32 Å². The maximum Gasteiger partial charge on any atom is 0.408 e. The van der Waals surface area contributed by atoms with E-state index in [1.165, 1.54) is 7.11 Å². The van der Waals surface area contributed by atoms with Crippen molar-refractivity contribution in [2.75, 3.05) is 25.6 Å². The first-order valence-corrected chi connectivity index (χ1v) is 9.83. The molecule has 0 radical (unpaired) electrons. The normalized spacial score (nSPS) is 13.6. The molecule has 0 aliphatic rings. The lowest BCUT2D eigenvalue weighted by atomic mass is 9.93. The van der Waals surface area contributed by atoms with E-state index in [0.29, 0.717) is 6.42 Å². The van der Waals surface area contributed by atoms with Gasteiger partial charge in [-0.25, -0.2) is 4.79 Å². The summed E-state index contributed by atoms with van der Waals surface area (Å²) < 4.78 is 10.4. The molecule has 0 saturated carbocycles. The van der Waals surface area contributed by atoms with Crippen molar-refractivity contribution < 1.29 is 24.2 Å². The Bertz CT molecular complexity index is 616. The van der Waals surface area contributed by atoms with Crippen LogP contribution in [0.2, 0.25) is 0 Å². The Labute approximate surface area is 174 Å². The zero-order valence-corrected chi connectivity index (χ0v) is 18.5. The van der Waals surface area contributed by atoms with Crippen molar-refractivity contribution in [3.63, 3.8) is 0 Å². The quantitative estimate of drug-likeness (QED) is 0.276. The first-order chi connectivity index (χ1) is 12.6. The molecule has 1 aromatic carbocycles. The van der Waals surface area contributed by atoms with Crippen LogP contribution in [0.25, 0.3) is 0 Å². The SMILES string of the molecule is COCC(CO)(CCCc1ccc(NC(=O)I)cc1)NC(=O)OC(C)(C)C. The number of aliphatic hydroxyl groups is 1. The number of nitrogens with one attached hydrogen (secondary N) is 2. The van der Waals surface area contributed by atoms with E-state index in [0.717, 1.165) is 24.1 Å².